The minimum absolute atomic E-state index is 0.161. The van der Waals surface area contributed by atoms with Crippen molar-refractivity contribution in [2.24, 2.45) is 5.92 Å². The van der Waals surface area contributed by atoms with Crippen LogP contribution in [-0.2, 0) is 4.79 Å². The Morgan fingerprint density at radius 2 is 2.38 bits per heavy atom. The van der Waals surface area contributed by atoms with Crippen molar-refractivity contribution in [1.82, 2.24) is 4.90 Å². The second-order valence-corrected chi connectivity index (χ2v) is 4.03. The molecule has 2 atom stereocenters. The number of hydrogen-bond donors (Lipinski definition) is 1. The number of Topliss-reactive ketones (excluding diaryl/α,β-unsaturated/α-hetero) is 1. The molecule has 1 aliphatic carbocycles. The summed E-state index contributed by atoms with van der Waals surface area (Å²) in [7, 11) is 1.96. The van der Waals surface area contributed by atoms with E-state index in [1.165, 1.54) is 0 Å². The Morgan fingerprint density at radius 1 is 1.69 bits per heavy atom. The van der Waals surface area contributed by atoms with Gasteiger partial charge in [-0.3, -0.25) is 4.79 Å². The standard InChI is InChI=1S/C10H19NO2/c1-8(7-12)11(2)6-9-4-3-5-10(9)13/h8-9,12H,3-7H2,1-2H3. The van der Waals surface area contributed by atoms with Crippen molar-refractivity contribution in [3.63, 3.8) is 0 Å². The highest BCUT2D eigenvalue weighted by molar-refractivity contribution is 5.83. The Hall–Kier alpha value is -0.410. The first kappa shape index (κ1) is 10.7. The van der Waals surface area contributed by atoms with Crippen molar-refractivity contribution in [3.8, 4) is 0 Å². The summed E-state index contributed by atoms with van der Waals surface area (Å²) in [5, 5.41) is 8.92. The summed E-state index contributed by atoms with van der Waals surface area (Å²) in [6.45, 7) is 2.94. The quantitative estimate of drug-likeness (QED) is 0.699. The molecule has 76 valence electrons. The molecule has 1 saturated carbocycles. The molecular formula is C10H19NO2. The molecule has 1 N–H and O–H groups in total. The summed E-state index contributed by atoms with van der Waals surface area (Å²) in [6, 6.07) is 0.161. The molecule has 0 heterocycles. The summed E-state index contributed by atoms with van der Waals surface area (Å²) in [5.74, 6) is 0.621. The van der Waals surface area contributed by atoms with Gasteiger partial charge in [0.2, 0.25) is 0 Å². The van der Waals surface area contributed by atoms with Crippen LogP contribution < -0.4 is 0 Å². The van der Waals surface area contributed by atoms with Crippen molar-refractivity contribution in [3.05, 3.63) is 0 Å². The van der Waals surface area contributed by atoms with E-state index in [0.717, 1.165) is 25.8 Å². The summed E-state index contributed by atoms with van der Waals surface area (Å²) < 4.78 is 0. The van der Waals surface area contributed by atoms with Gasteiger partial charge in [-0.1, -0.05) is 0 Å². The van der Waals surface area contributed by atoms with E-state index in [1.54, 1.807) is 0 Å². The summed E-state index contributed by atoms with van der Waals surface area (Å²) in [6.07, 6.45) is 2.83. The van der Waals surface area contributed by atoms with E-state index in [0.29, 0.717) is 5.78 Å². The van der Waals surface area contributed by atoms with E-state index in [2.05, 4.69) is 4.90 Å². The summed E-state index contributed by atoms with van der Waals surface area (Å²) >= 11 is 0. The van der Waals surface area contributed by atoms with Crippen LogP contribution in [0.2, 0.25) is 0 Å². The van der Waals surface area contributed by atoms with Gasteiger partial charge in [-0.05, 0) is 26.8 Å². The van der Waals surface area contributed by atoms with Crippen molar-refractivity contribution in [2.75, 3.05) is 20.2 Å². The molecule has 0 saturated heterocycles. The average molecular weight is 185 g/mol. The van der Waals surface area contributed by atoms with Crippen LogP contribution in [0.4, 0.5) is 0 Å². The number of aliphatic hydroxyl groups is 1. The van der Waals surface area contributed by atoms with Crippen molar-refractivity contribution in [2.45, 2.75) is 32.2 Å². The van der Waals surface area contributed by atoms with Gasteiger partial charge in [0.1, 0.15) is 5.78 Å². The maximum absolute atomic E-state index is 11.3. The Morgan fingerprint density at radius 3 is 2.85 bits per heavy atom. The molecule has 3 nitrogen and oxygen atoms in total. The van der Waals surface area contributed by atoms with Crippen LogP contribution in [0.3, 0.4) is 0 Å². The zero-order chi connectivity index (χ0) is 9.84. The fourth-order valence-electron chi connectivity index (χ4n) is 1.75. The Bertz CT molecular complexity index is 182. The molecular weight excluding hydrogens is 166 g/mol. The van der Waals surface area contributed by atoms with Crippen molar-refractivity contribution >= 4 is 5.78 Å². The summed E-state index contributed by atoms with van der Waals surface area (Å²) in [4.78, 5) is 13.4. The van der Waals surface area contributed by atoms with Crippen molar-refractivity contribution in [1.29, 1.82) is 0 Å². The molecule has 0 aromatic rings. The molecule has 0 bridgehead atoms. The van der Waals surface area contributed by atoms with Gasteiger partial charge >= 0.3 is 0 Å². The van der Waals surface area contributed by atoms with Gasteiger partial charge in [0.15, 0.2) is 0 Å². The van der Waals surface area contributed by atoms with Gasteiger partial charge in [0.05, 0.1) is 6.61 Å². The molecule has 2 unspecified atom stereocenters. The molecule has 0 spiro atoms. The number of carbonyl (C=O) groups excluding carboxylic acids is 1. The van der Waals surface area contributed by atoms with Gasteiger partial charge < -0.3 is 10.0 Å². The first-order valence-corrected chi connectivity index (χ1v) is 4.99. The molecule has 3 heteroatoms. The average Bonchev–Trinajstić information content (AvgIpc) is 2.50. The fourth-order valence-corrected chi connectivity index (χ4v) is 1.75. The van der Waals surface area contributed by atoms with E-state index in [9.17, 15) is 4.79 Å². The van der Waals surface area contributed by atoms with Crippen LogP contribution in [0, 0.1) is 5.92 Å². The van der Waals surface area contributed by atoms with E-state index in [-0.39, 0.29) is 18.6 Å². The lowest BCUT2D eigenvalue weighted by Crippen LogP contribution is -2.36. The zero-order valence-electron chi connectivity index (χ0n) is 8.49. The Labute approximate surface area is 79.7 Å². The molecule has 0 amide bonds. The maximum atomic E-state index is 11.3. The number of rotatable bonds is 4. The second kappa shape index (κ2) is 4.72. The largest absolute Gasteiger partial charge is 0.395 e. The molecule has 13 heavy (non-hydrogen) atoms. The molecule has 0 aromatic heterocycles. The van der Waals surface area contributed by atoms with Gasteiger partial charge in [0, 0.05) is 24.9 Å². The Kier molecular flexibility index (Phi) is 3.88. The number of likely N-dealkylation sites (N-methyl/N-ethyl adjacent to an activating group) is 1. The maximum Gasteiger partial charge on any atom is 0.137 e. The number of nitrogens with zero attached hydrogens (tertiary/aromatic N) is 1. The highest BCUT2D eigenvalue weighted by Gasteiger charge is 2.26. The smallest absolute Gasteiger partial charge is 0.137 e. The van der Waals surface area contributed by atoms with Gasteiger partial charge in [-0.15, -0.1) is 0 Å². The molecule has 1 fully saturated rings. The molecule has 0 aromatic carbocycles. The third kappa shape index (κ3) is 2.78. The third-order valence-electron chi connectivity index (χ3n) is 2.96. The van der Waals surface area contributed by atoms with E-state index >= 15 is 0 Å². The first-order chi connectivity index (χ1) is 6.15. The fraction of sp³-hybridized carbons (Fsp3) is 0.900. The van der Waals surface area contributed by atoms with E-state index in [4.69, 9.17) is 5.11 Å². The van der Waals surface area contributed by atoms with Crippen LogP contribution in [0.15, 0.2) is 0 Å². The minimum Gasteiger partial charge on any atom is -0.395 e. The SMILES string of the molecule is CC(CO)N(C)CC1CCCC1=O. The van der Waals surface area contributed by atoms with Crippen LogP contribution in [0.5, 0.6) is 0 Å². The lowest BCUT2D eigenvalue weighted by atomic mass is 10.1. The van der Waals surface area contributed by atoms with Crippen molar-refractivity contribution < 1.29 is 9.90 Å². The molecule has 1 rings (SSSR count). The Balaban J connectivity index is 2.34. The predicted octanol–water partition coefficient (Wildman–Crippen LogP) is 0.668. The number of carbonyl (C=O) groups is 1. The van der Waals surface area contributed by atoms with E-state index in [1.807, 2.05) is 14.0 Å². The highest BCUT2D eigenvalue weighted by atomic mass is 16.3. The lowest BCUT2D eigenvalue weighted by molar-refractivity contribution is -0.121. The van der Waals surface area contributed by atoms with Gasteiger partial charge in [-0.25, -0.2) is 0 Å². The van der Waals surface area contributed by atoms with E-state index < -0.39 is 0 Å². The second-order valence-electron chi connectivity index (χ2n) is 4.03. The molecule has 0 aliphatic heterocycles. The van der Waals surface area contributed by atoms with Crippen LogP contribution in [0.1, 0.15) is 26.2 Å². The molecule has 1 aliphatic rings. The normalized spacial score (nSPS) is 25.5. The van der Waals surface area contributed by atoms with Crippen LogP contribution >= 0.6 is 0 Å². The molecule has 0 radical (unpaired) electrons. The number of hydrogen-bond acceptors (Lipinski definition) is 3. The summed E-state index contributed by atoms with van der Waals surface area (Å²) in [5.41, 5.74) is 0. The van der Waals surface area contributed by atoms with Crippen LogP contribution in [-0.4, -0.2) is 42.0 Å². The minimum atomic E-state index is 0.161. The predicted molar refractivity (Wildman–Crippen MR) is 51.5 cm³/mol. The van der Waals surface area contributed by atoms with Crippen LogP contribution in [0.25, 0.3) is 0 Å². The van der Waals surface area contributed by atoms with Gasteiger partial charge in [-0.2, -0.15) is 0 Å². The third-order valence-corrected chi connectivity index (χ3v) is 2.96. The zero-order valence-corrected chi connectivity index (χ0v) is 8.49. The first-order valence-electron chi connectivity index (χ1n) is 4.99. The lowest BCUT2D eigenvalue weighted by Gasteiger charge is -2.25. The number of ketones is 1. The van der Waals surface area contributed by atoms with Gasteiger partial charge in [0.25, 0.3) is 0 Å². The monoisotopic (exact) mass is 185 g/mol. The highest BCUT2D eigenvalue weighted by Crippen LogP contribution is 2.22. The topological polar surface area (TPSA) is 40.5 Å². The number of aliphatic hydroxyl groups excluding tert-OH is 1.